The van der Waals surface area contributed by atoms with E-state index in [-0.39, 0.29) is 52.9 Å². The predicted molar refractivity (Wildman–Crippen MR) is 123 cm³/mol. The summed E-state index contributed by atoms with van der Waals surface area (Å²) in [7, 11) is 1.46. The molecule has 6 heteroatoms. The first-order valence-electron chi connectivity index (χ1n) is 10.4. The highest BCUT2D eigenvalue weighted by Gasteiger charge is 2.37. The normalized spacial score (nSPS) is 15.5. The highest BCUT2D eigenvalue weighted by Crippen LogP contribution is 2.46. The zero-order valence-electron chi connectivity index (χ0n) is 19.2. The van der Waals surface area contributed by atoms with Crippen LogP contribution in [0.4, 0.5) is 0 Å². The summed E-state index contributed by atoms with van der Waals surface area (Å²) < 4.78 is 11.2. The highest BCUT2D eigenvalue weighted by molar-refractivity contribution is 6.07. The summed E-state index contributed by atoms with van der Waals surface area (Å²) in [6.07, 6.45) is 3.86. The van der Waals surface area contributed by atoms with Gasteiger partial charge in [-0.05, 0) is 26.3 Å². The third kappa shape index (κ3) is 4.05. The molecule has 170 valence electrons. The van der Waals surface area contributed by atoms with E-state index in [1.807, 2.05) is 33.8 Å². The third-order valence-electron chi connectivity index (χ3n) is 5.96. The number of hydrogen-bond acceptors (Lipinski definition) is 6. The van der Waals surface area contributed by atoms with Gasteiger partial charge in [-0.15, -0.1) is 6.58 Å². The molecule has 3 rings (SSSR count). The van der Waals surface area contributed by atoms with E-state index < -0.39 is 11.3 Å². The maximum atomic E-state index is 13.5. The average molecular weight is 439 g/mol. The van der Waals surface area contributed by atoms with Crippen LogP contribution in [0.25, 0.3) is 0 Å². The number of benzene rings is 2. The van der Waals surface area contributed by atoms with Crippen molar-refractivity contribution in [2.45, 2.75) is 45.4 Å². The molecule has 32 heavy (non-hydrogen) atoms. The van der Waals surface area contributed by atoms with Crippen LogP contribution in [0.2, 0.25) is 0 Å². The molecule has 0 aliphatic carbocycles. The molecule has 0 saturated heterocycles. The van der Waals surface area contributed by atoms with Gasteiger partial charge in [-0.25, -0.2) is 0 Å². The zero-order chi connectivity index (χ0) is 23.8. The van der Waals surface area contributed by atoms with E-state index >= 15 is 0 Å². The molecular formula is C26H30O6. The van der Waals surface area contributed by atoms with Crippen LogP contribution in [0.1, 0.15) is 60.7 Å². The number of methoxy groups -OCH3 is 1. The molecule has 0 radical (unpaired) electrons. The van der Waals surface area contributed by atoms with Crippen LogP contribution in [0.5, 0.6) is 28.7 Å². The summed E-state index contributed by atoms with van der Waals surface area (Å²) in [4.78, 5) is 13.5. The van der Waals surface area contributed by atoms with Gasteiger partial charge in [0.05, 0.1) is 13.0 Å². The van der Waals surface area contributed by atoms with Crippen LogP contribution >= 0.6 is 0 Å². The van der Waals surface area contributed by atoms with Gasteiger partial charge in [0.1, 0.15) is 40.9 Å². The van der Waals surface area contributed by atoms with Crippen LogP contribution < -0.4 is 9.47 Å². The van der Waals surface area contributed by atoms with Crippen molar-refractivity contribution in [1.29, 1.82) is 0 Å². The molecule has 3 N–H and O–H groups in total. The molecule has 0 saturated carbocycles. The van der Waals surface area contributed by atoms with Crippen molar-refractivity contribution >= 4 is 5.78 Å². The summed E-state index contributed by atoms with van der Waals surface area (Å²) >= 11 is 0. The number of hydrogen-bond donors (Lipinski definition) is 3. The summed E-state index contributed by atoms with van der Waals surface area (Å²) in [5.74, 6) is -0.973. The van der Waals surface area contributed by atoms with Gasteiger partial charge in [0.15, 0.2) is 5.78 Å². The smallest absolute Gasteiger partial charge is 0.181 e. The van der Waals surface area contributed by atoms with Crippen molar-refractivity contribution in [1.82, 2.24) is 0 Å². The molecule has 6 nitrogen and oxygen atoms in total. The Morgan fingerprint density at radius 2 is 1.91 bits per heavy atom. The number of allylic oxidation sites excluding steroid dienone is 3. The van der Waals surface area contributed by atoms with Crippen LogP contribution in [-0.2, 0) is 11.8 Å². The Labute approximate surface area is 188 Å². The first kappa shape index (κ1) is 23.3. The molecule has 0 spiro atoms. The van der Waals surface area contributed by atoms with Gasteiger partial charge in [-0.3, -0.25) is 4.79 Å². The summed E-state index contributed by atoms with van der Waals surface area (Å²) in [6.45, 7) is 11.5. The van der Waals surface area contributed by atoms with Gasteiger partial charge >= 0.3 is 0 Å². The molecule has 1 heterocycles. The largest absolute Gasteiger partial charge is 0.507 e. The Morgan fingerprint density at radius 1 is 1.22 bits per heavy atom. The van der Waals surface area contributed by atoms with Crippen molar-refractivity contribution in [3.8, 4) is 28.7 Å². The summed E-state index contributed by atoms with van der Waals surface area (Å²) in [5, 5.41) is 31.8. The highest BCUT2D eigenvalue weighted by atomic mass is 16.5. The minimum atomic E-state index is -0.760. The van der Waals surface area contributed by atoms with Gasteiger partial charge in [-0.2, -0.15) is 0 Å². The van der Waals surface area contributed by atoms with Gasteiger partial charge in [-0.1, -0.05) is 31.6 Å². The molecule has 0 unspecified atom stereocenters. The Bertz CT molecular complexity index is 1110. The number of carbonyl (C=O) groups is 1. The van der Waals surface area contributed by atoms with E-state index in [2.05, 4.69) is 6.58 Å². The number of ketones is 1. The molecule has 2 aromatic rings. The number of aromatic hydroxyl groups is 3. The predicted octanol–water partition coefficient (Wildman–Crippen LogP) is 5.14. The minimum absolute atomic E-state index is 0.00707. The lowest BCUT2D eigenvalue weighted by molar-refractivity contribution is 0.0889. The fourth-order valence-corrected chi connectivity index (χ4v) is 3.85. The third-order valence-corrected chi connectivity index (χ3v) is 5.96. The van der Waals surface area contributed by atoms with Crippen molar-refractivity contribution in [2.75, 3.05) is 13.7 Å². The Morgan fingerprint density at radius 3 is 2.50 bits per heavy atom. The second-order valence-corrected chi connectivity index (χ2v) is 8.85. The van der Waals surface area contributed by atoms with Crippen LogP contribution in [0.3, 0.4) is 0 Å². The van der Waals surface area contributed by atoms with Gasteiger partial charge in [0.25, 0.3) is 0 Å². The summed E-state index contributed by atoms with van der Waals surface area (Å²) in [5.41, 5.74) is 1.93. The lowest BCUT2D eigenvalue weighted by atomic mass is 9.80. The van der Waals surface area contributed by atoms with E-state index in [4.69, 9.17) is 9.47 Å². The van der Waals surface area contributed by atoms with Gasteiger partial charge < -0.3 is 24.8 Å². The van der Waals surface area contributed by atoms with Crippen LogP contribution in [0.15, 0.2) is 42.5 Å². The first-order chi connectivity index (χ1) is 15.0. The monoisotopic (exact) mass is 438 g/mol. The lowest BCUT2D eigenvalue weighted by Gasteiger charge is -2.29. The van der Waals surface area contributed by atoms with Crippen LogP contribution in [-0.4, -0.2) is 34.8 Å². The maximum Gasteiger partial charge on any atom is 0.181 e. The van der Waals surface area contributed by atoms with Crippen molar-refractivity contribution in [3.63, 3.8) is 0 Å². The Kier molecular flexibility index (Phi) is 6.26. The van der Waals surface area contributed by atoms with E-state index in [9.17, 15) is 20.1 Å². The van der Waals surface area contributed by atoms with E-state index in [1.54, 1.807) is 12.1 Å². The number of ether oxygens (including phenoxy) is 2. The van der Waals surface area contributed by atoms with Crippen molar-refractivity contribution in [2.24, 2.45) is 0 Å². The number of carbonyl (C=O) groups excluding carboxylic acids is 1. The second kappa shape index (κ2) is 8.61. The van der Waals surface area contributed by atoms with Crippen LogP contribution in [0, 0.1) is 0 Å². The molecule has 1 aliphatic rings. The average Bonchev–Trinajstić information content (AvgIpc) is 2.73. The standard InChI is InChI=1S/C26H30O6/c1-7-26(4,5)18-10-16(21(31-6)12-20(18)28)17-13-32-22-11-19(27)15(9-8-14(2)3)24(29)23(22)25(17)30/h7-8,10-12,17,27-29H,1,9,13H2,2-6H3/t17-/m1/s1. The van der Waals surface area contributed by atoms with E-state index in [0.29, 0.717) is 16.9 Å². The van der Waals surface area contributed by atoms with Crippen molar-refractivity contribution in [3.05, 3.63) is 64.8 Å². The number of Topliss-reactive ketones (excluding diaryl/α,β-unsaturated/α-hetero) is 1. The summed E-state index contributed by atoms with van der Waals surface area (Å²) in [6, 6.07) is 4.58. The molecule has 1 atom stereocenters. The number of rotatable bonds is 6. The molecule has 2 aromatic carbocycles. The van der Waals surface area contributed by atoms with Gasteiger partial charge in [0, 0.05) is 34.2 Å². The fourth-order valence-electron chi connectivity index (χ4n) is 3.85. The van der Waals surface area contributed by atoms with E-state index in [1.165, 1.54) is 19.2 Å². The number of phenols is 3. The Hall–Kier alpha value is -3.41. The second-order valence-electron chi connectivity index (χ2n) is 8.85. The molecule has 1 aliphatic heterocycles. The topological polar surface area (TPSA) is 96.2 Å². The van der Waals surface area contributed by atoms with E-state index in [0.717, 1.165) is 5.57 Å². The quantitative estimate of drug-likeness (QED) is 0.540. The molecular weight excluding hydrogens is 408 g/mol. The number of phenolic OH excluding ortho intramolecular Hbond substituents is 3. The lowest BCUT2D eigenvalue weighted by Crippen LogP contribution is -2.27. The molecule has 0 bridgehead atoms. The van der Waals surface area contributed by atoms with Crippen molar-refractivity contribution < 1.29 is 29.6 Å². The molecule has 0 aromatic heterocycles. The molecule has 0 amide bonds. The SMILES string of the molecule is C=CC(C)(C)c1cc([C@H]2COc3cc(O)c(CC=C(C)C)c(O)c3C2=O)c(OC)cc1O. The number of fused-ring (bicyclic) bond motifs is 1. The molecule has 0 fully saturated rings. The van der Waals surface area contributed by atoms with Gasteiger partial charge in [0.2, 0.25) is 0 Å². The fraction of sp³-hybridized carbons (Fsp3) is 0.346. The maximum absolute atomic E-state index is 13.5. The minimum Gasteiger partial charge on any atom is -0.507 e. The Balaban J connectivity index is 2.14. The zero-order valence-corrected chi connectivity index (χ0v) is 19.2. The first-order valence-corrected chi connectivity index (χ1v) is 10.4.